The van der Waals surface area contributed by atoms with Crippen molar-refractivity contribution < 1.29 is 4.39 Å². The van der Waals surface area contributed by atoms with E-state index in [4.69, 9.17) is 5.26 Å². The van der Waals surface area contributed by atoms with Gasteiger partial charge in [-0.3, -0.25) is 4.90 Å². The summed E-state index contributed by atoms with van der Waals surface area (Å²) < 4.78 is 13.3. The standard InChI is InChI=1S/C15H20FN3/c1-11(2)19(14-5-6-18-9-14)10-12-3-4-15(16)13(7-12)8-17/h3-4,7,11,14,18H,5-6,9-10H2,1-2H3/t14-/m0/s1. The van der Waals surface area contributed by atoms with Gasteiger partial charge in [0.15, 0.2) is 0 Å². The van der Waals surface area contributed by atoms with Crippen LogP contribution in [0.2, 0.25) is 0 Å². The van der Waals surface area contributed by atoms with Crippen LogP contribution in [0.3, 0.4) is 0 Å². The Bertz CT molecular complexity index is 473. The normalized spacial score (nSPS) is 19.1. The summed E-state index contributed by atoms with van der Waals surface area (Å²) in [7, 11) is 0. The minimum Gasteiger partial charge on any atom is -0.315 e. The highest BCUT2D eigenvalue weighted by Gasteiger charge is 2.24. The van der Waals surface area contributed by atoms with Crippen LogP contribution in [0.5, 0.6) is 0 Å². The fourth-order valence-electron chi connectivity index (χ4n) is 2.62. The van der Waals surface area contributed by atoms with Gasteiger partial charge in [0.05, 0.1) is 5.56 Å². The molecule has 1 heterocycles. The smallest absolute Gasteiger partial charge is 0.140 e. The molecule has 19 heavy (non-hydrogen) atoms. The van der Waals surface area contributed by atoms with E-state index in [9.17, 15) is 4.39 Å². The Hall–Kier alpha value is -1.44. The number of halogens is 1. The van der Waals surface area contributed by atoms with E-state index < -0.39 is 5.82 Å². The molecule has 1 fully saturated rings. The third-order valence-electron chi connectivity index (χ3n) is 3.68. The molecule has 1 aliphatic rings. The maximum absolute atomic E-state index is 13.3. The maximum Gasteiger partial charge on any atom is 0.140 e. The van der Waals surface area contributed by atoms with Crippen molar-refractivity contribution >= 4 is 0 Å². The Morgan fingerprint density at radius 3 is 2.89 bits per heavy atom. The first kappa shape index (κ1) is 14.0. The molecule has 0 aromatic heterocycles. The molecule has 1 aromatic carbocycles. The lowest BCUT2D eigenvalue weighted by Crippen LogP contribution is -2.41. The molecule has 3 nitrogen and oxygen atoms in total. The molecular formula is C15H20FN3. The predicted octanol–water partition coefficient (Wildman–Crippen LogP) is 2.27. The lowest BCUT2D eigenvalue weighted by Gasteiger charge is -2.32. The van der Waals surface area contributed by atoms with E-state index in [0.29, 0.717) is 12.1 Å². The van der Waals surface area contributed by atoms with Gasteiger partial charge in [-0.05, 0) is 44.5 Å². The van der Waals surface area contributed by atoms with Gasteiger partial charge >= 0.3 is 0 Å². The summed E-state index contributed by atoms with van der Waals surface area (Å²) in [6, 6.07) is 7.68. The van der Waals surface area contributed by atoms with Gasteiger partial charge in [0.1, 0.15) is 11.9 Å². The van der Waals surface area contributed by atoms with Crippen LogP contribution in [0.25, 0.3) is 0 Å². The second kappa shape index (κ2) is 6.14. The minimum atomic E-state index is -0.440. The molecule has 1 aromatic rings. The SMILES string of the molecule is CC(C)N(Cc1ccc(F)c(C#N)c1)[C@H]1CCNC1. The van der Waals surface area contributed by atoms with Gasteiger partial charge in [0.2, 0.25) is 0 Å². The number of hydrogen-bond donors (Lipinski definition) is 1. The van der Waals surface area contributed by atoms with Crippen molar-refractivity contribution in [2.75, 3.05) is 13.1 Å². The van der Waals surface area contributed by atoms with Gasteiger partial charge in [-0.1, -0.05) is 6.07 Å². The molecule has 0 radical (unpaired) electrons. The molecule has 1 atom stereocenters. The molecule has 2 rings (SSSR count). The first-order valence-corrected chi connectivity index (χ1v) is 6.77. The Kier molecular flexibility index (Phi) is 4.52. The van der Waals surface area contributed by atoms with Gasteiger partial charge < -0.3 is 5.32 Å². The van der Waals surface area contributed by atoms with E-state index in [1.54, 1.807) is 12.1 Å². The van der Waals surface area contributed by atoms with E-state index in [-0.39, 0.29) is 5.56 Å². The average Bonchev–Trinajstić information content (AvgIpc) is 2.91. The monoisotopic (exact) mass is 261 g/mol. The van der Waals surface area contributed by atoms with Crippen molar-refractivity contribution in [3.63, 3.8) is 0 Å². The third kappa shape index (κ3) is 3.31. The summed E-state index contributed by atoms with van der Waals surface area (Å²) in [6.07, 6.45) is 1.14. The van der Waals surface area contributed by atoms with Crippen LogP contribution in [0.1, 0.15) is 31.4 Å². The van der Waals surface area contributed by atoms with E-state index in [1.807, 2.05) is 6.07 Å². The molecular weight excluding hydrogens is 241 g/mol. The van der Waals surface area contributed by atoms with Crippen LogP contribution in [0, 0.1) is 17.1 Å². The van der Waals surface area contributed by atoms with Crippen LogP contribution < -0.4 is 5.32 Å². The topological polar surface area (TPSA) is 39.1 Å². The van der Waals surface area contributed by atoms with Crippen LogP contribution >= 0.6 is 0 Å². The lowest BCUT2D eigenvalue weighted by molar-refractivity contribution is 0.154. The van der Waals surface area contributed by atoms with Gasteiger partial charge in [-0.15, -0.1) is 0 Å². The summed E-state index contributed by atoms with van der Waals surface area (Å²) in [5.41, 5.74) is 1.13. The second-order valence-corrected chi connectivity index (χ2v) is 5.34. The first-order valence-electron chi connectivity index (χ1n) is 6.77. The van der Waals surface area contributed by atoms with Gasteiger partial charge in [-0.25, -0.2) is 4.39 Å². The molecule has 0 spiro atoms. The van der Waals surface area contributed by atoms with Gasteiger partial charge in [0, 0.05) is 25.2 Å². The zero-order chi connectivity index (χ0) is 13.8. The lowest BCUT2D eigenvalue weighted by atomic mass is 10.1. The fourth-order valence-corrected chi connectivity index (χ4v) is 2.62. The molecule has 0 saturated carbocycles. The molecule has 0 amide bonds. The molecule has 0 aliphatic carbocycles. The molecule has 0 unspecified atom stereocenters. The maximum atomic E-state index is 13.3. The Balaban J connectivity index is 2.15. The predicted molar refractivity (Wildman–Crippen MR) is 73.1 cm³/mol. The highest BCUT2D eigenvalue weighted by molar-refractivity contribution is 5.34. The summed E-state index contributed by atoms with van der Waals surface area (Å²) in [4.78, 5) is 2.41. The van der Waals surface area contributed by atoms with Crippen LogP contribution in [-0.4, -0.2) is 30.1 Å². The van der Waals surface area contributed by atoms with E-state index in [2.05, 4.69) is 24.1 Å². The Labute approximate surface area is 114 Å². The number of nitrogens with zero attached hydrogens (tertiary/aromatic N) is 2. The molecule has 0 bridgehead atoms. The summed E-state index contributed by atoms with van der Waals surface area (Å²) in [5.74, 6) is -0.440. The quantitative estimate of drug-likeness (QED) is 0.903. The molecule has 1 saturated heterocycles. The summed E-state index contributed by atoms with van der Waals surface area (Å²) in [6.45, 7) is 7.17. The highest BCUT2D eigenvalue weighted by Crippen LogP contribution is 2.18. The average molecular weight is 261 g/mol. The van der Waals surface area contributed by atoms with Crippen molar-refractivity contribution in [1.29, 1.82) is 5.26 Å². The van der Waals surface area contributed by atoms with Crippen molar-refractivity contribution in [2.45, 2.75) is 38.9 Å². The van der Waals surface area contributed by atoms with E-state index in [1.165, 1.54) is 6.07 Å². The first-order chi connectivity index (χ1) is 9.11. The Morgan fingerprint density at radius 2 is 2.32 bits per heavy atom. The third-order valence-corrected chi connectivity index (χ3v) is 3.68. The number of nitrogens with one attached hydrogen (secondary N) is 1. The highest BCUT2D eigenvalue weighted by atomic mass is 19.1. The zero-order valence-electron chi connectivity index (χ0n) is 11.5. The largest absolute Gasteiger partial charge is 0.315 e. The number of benzene rings is 1. The molecule has 1 aliphatic heterocycles. The Morgan fingerprint density at radius 1 is 1.53 bits per heavy atom. The van der Waals surface area contributed by atoms with E-state index >= 15 is 0 Å². The second-order valence-electron chi connectivity index (χ2n) is 5.34. The molecule has 4 heteroatoms. The number of rotatable bonds is 4. The number of nitriles is 1. The number of hydrogen-bond acceptors (Lipinski definition) is 3. The van der Waals surface area contributed by atoms with Crippen molar-refractivity contribution in [3.05, 3.63) is 35.1 Å². The molecule has 102 valence electrons. The van der Waals surface area contributed by atoms with Gasteiger partial charge in [-0.2, -0.15) is 5.26 Å². The van der Waals surface area contributed by atoms with Crippen LogP contribution in [0.4, 0.5) is 4.39 Å². The summed E-state index contributed by atoms with van der Waals surface area (Å²) >= 11 is 0. The fraction of sp³-hybridized carbons (Fsp3) is 0.533. The van der Waals surface area contributed by atoms with Crippen molar-refractivity contribution in [3.8, 4) is 6.07 Å². The summed E-state index contributed by atoms with van der Waals surface area (Å²) in [5, 5.41) is 12.3. The van der Waals surface area contributed by atoms with Crippen LogP contribution in [0.15, 0.2) is 18.2 Å². The van der Waals surface area contributed by atoms with Crippen molar-refractivity contribution in [2.24, 2.45) is 0 Å². The van der Waals surface area contributed by atoms with Crippen LogP contribution in [-0.2, 0) is 6.54 Å². The van der Waals surface area contributed by atoms with Gasteiger partial charge in [0.25, 0.3) is 0 Å². The van der Waals surface area contributed by atoms with Crippen molar-refractivity contribution in [1.82, 2.24) is 10.2 Å². The minimum absolute atomic E-state index is 0.130. The van der Waals surface area contributed by atoms with E-state index in [0.717, 1.165) is 31.6 Å². The molecule has 1 N–H and O–H groups in total. The zero-order valence-corrected chi connectivity index (χ0v) is 11.5.